The zero-order valence-corrected chi connectivity index (χ0v) is 18.5. The van der Waals surface area contributed by atoms with E-state index in [4.69, 9.17) is 9.47 Å². The number of hydrogen-bond acceptors (Lipinski definition) is 4. The number of anilines is 2. The average molecular weight is 439 g/mol. The quantitative estimate of drug-likeness (QED) is 0.565. The van der Waals surface area contributed by atoms with E-state index in [0.717, 1.165) is 33.8 Å². The fourth-order valence-corrected chi connectivity index (χ4v) is 4.74. The van der Waals surface area contributed by atoms with Crippen LogP contribution >= 0.6 is 0 Å². The first-order valence-electron chi connectivity index (χ1n) is 11.1. The van der Waals surface area contributed by atoms with Crippen molar-refractivity contribution in [3.05, 3.63) is 108 Å². The molecule has 1 fully saturated rings. The topological polar surface area (TPSA) is 50.8 Å². The monoisotopic (exact) mass is 438 g/mol. The highest BCUT2D eigenvalue weighted by atomic mass is 16.5. The lowest BCUT2D eigenvalue weighted by molar-refractivity contribution is -0.128. The van der Waals surface area contributed by atoms with Gasteiger partial charge >= 0.3 is 0 Å². The number of amides is 1. The first kappa shape index (κ1) is 21.1. The van der Waals surface area contributed by atoms with Crippen LogP contribution in [0.15, 0.2) is 96.7 Å². The van der Waals surface area contributed by atoms with Crippen molar-refractivity contribution in [1.82, 2.24) is 0 Å². The van der Waals surface area contributed by atoms with Gasteiger partial charge in [-0.3, -0.25) is 9.69 Å². The second kappa shape index (κ2) is 8.99. The third-order valence-corrected chi connectivity index (χ3v) is 6.34. The summed E-state index contributed by atoms with van der Waals surface area (Å²) in [4.78, 5) is 15.6. The van der Waals surface area contributed by atoms with E-state index in [1.165, 1.54) is 0 Å². The molecule has 0 unspecified atom stereocenters. The fraction of sp³-hybridized carbons (Fsp3) is 0.214. The van der Waals surface area contributed by atoms with Crippen LogP contribution in [-0.2, 0) is 22.6 Å². The number of hydrogen-bond donors (Lipinski definition) is 1. The maximum Gasteiger partial charge on any atom is 0.259 e. The highest BCUT2D eigenvalue weighted by molar-refractivity contribution is 6.03. The number of methoxy groups -OCH3 is 1. The number of carbonyl (C=O) groups excluding carboxylic acids is 1. The molecule has 0 aromatic heterocycles. The van der Waals surface area contributed by atoms with Gasteiger partial charge in [-0.25, -0.2) is 0 Å². The zero-order valence-electron chi connectivity index (χ0n) is 18.5. The highest BCUT2D eigenvalue weighted by Gasteiger charge is 2.53. The minimum absolute atomic E-state index is 0.0538. The number of para-hydroxylation sites is 1. The number of nitrogens with zero attached hydrogens (tertiary/aromatic N) is 1. The number of carbonyl (C=O) groups is 1. The summed E-state index contributed by atoms with van der Waals surface area (Å²) in [6.07, 6.45) is 0.0483. The number of benzene rings is 3. The molecule has 0 radical (unpaired) electrons. The van der Waals surface area contributed by atoms with Crippen LogP contribution in [0.2, 0.25) is 0 Å². The Bertz CT molecular complexity index is 1200. The predicted octanol–water partition coefficient (Wildman–Crippen LogP) is 4.74. The maximum atomic E-state index is 13.8. The van der Waals surface area contributed by atoms with Crippen molar-refractivity contribution < 1.29 is 14.3 Å². The van der Waals surface area contributed by atoms with E-state index in [2.05, 4.69) is 23.7 Å². The molecule has 3 atom stereocenters. The molecule has 1 amide bonds. The van der Waals surface area contributed by atoms with Crippen molar-refractivity contribution >= 4 is 17.3 Å². The van der Waals surface area contributed by atoms with E-state index < -0.39 is 6.10 Å². The maximum absolute atomic E-state index is 13.8. The molecule has 0 aliphatic carbocycles. The van der Waals surface area contributed by atoms with Crippen LogP contribution in [0, 0.1) is 0 Å². The van der Waals surface area contributed by atoms with Crippen LogP contribution in [0.5, 0.6) is 5.75 Å². The van der Waals surface area contributed by atoms with Crippen molar-refractivity contribution in [2.24, 2.45) is 0 Å². The second-order valence-electron chi connectivity index (χ2n) is 8.28. The van der Waals surface area contributed by atoms with Gasteiger partial charge in [-0.1, -0.05) is 55.1 Å². The second-order valence-corrected chi connectivity index (χ2v) is 8.28. The van der Waals surface area contributed by atoms with Gasteiger partial charge in [-0.15, -0.1) is 5.73 Å². The molecule has 0 spiro atoms. The summed E-state index contributed by atoms with van der Waals surface area (Å²) in [5.41, 5.74) is 8.05. The first-order chi connectivity index (χ1) is 16.2. The molecule has 33 heavy (non-hydrogen) atoms. The summed E-state index contributed by atoms with van der Waals surface area (Å²) in [7, 11) is 1.64. The number of rotatable bonds is 6. The van der Waals surface area contributed by atoms with Crippen LogP contribution in [0.3, 0.4) is 0 Å². The summed E-state index contributed by atoms with van der Waals surface area (Å²) in [6, 6.07) is 25.1. The minimum atomic E-state index is -0.660. The van der Waals surface area contributed by atoms with E-state index >= 15 is 0 Å². The van der Waals surface area contributed by atoms with Gasteiger partial charge in [0, 0.05) is 23.4 Å². The molecular formula is C28H26N2O3. The lowest BCUT2D eigenvalue weighted by Gasteiger charge is -2.35. The molecule has 5 nitrogen and oxygen atoms in total. The Hall–Kier alpha value is -3.79. The van der Waals surface area contributed by atoms with Crippen molar-refractivity contribution in [3.8, 4) is 5.75 Å². The largest absolute Gasteiger partial charge is 0.497 e. The van der Waals surface area contributed by atoms with E-state index in [-0.39, 0.29) is 18.0 Å². The fourth-order valence-electron chi connectivity index (χ4n) is 4.74. The zero-order chi connectivity index (χ0) is 22.8. The van der Waals surface area contributed by atoms with Gasteiger partial charge in [0.15, 0.2) is 6.10 Å². The Labute approximate surface area is 194 Å². The molecule has 1 N–H and O–H groups in total. The van der Waals surface area contributed by atoms with Crippen LogP contribution in [0.4, 0.5) is 11.4 Å². The molecule has 2 aliphatic heterocycles. The summed E-state index contributed by atoms with van der Waals surface area (Å²) >= 11 is 0. The Morgan fingerprint density at radius 3 is 2.48 bits per heavy atom. The number of ether oxygens (including phenoxy) is 2. The number of nitrogens with one attached hydrogen (secondary N) is 1. The smallest absolute Gasteiger partial charge is 0.259 e. The molecular weight excluding hydrogens is 412 g/mol. The van der Waals surface area contributed by atoms with Crippen molar-refractivity contribution in [1.29, 1.82) is 0 Å². The Morgan fingerprint density at radius 2 is 1.76 bits per heavy atom. The average Bonchev–Trinajstić information content (AvgIpc) is 3.14. The van der Waals surface area contributed by atoms with Gasteiger partial charge in [0.1, 0.15) is 5.75 Å². The highest BCUT2D eigenvalue weighted by Crippen LogP contribution is 2.41. The van der Waals surface area contributed by atoms with E-state index in [9.17, 15) is 4.79 Å². The van der Waals surface area contributed by atoms with E-state index in [1.54, 1.807) is 7.11 Å². The lowest BCUT2D eigenvalue weighted by atomic mass is 9.89. The third kappa shape index (κ3) is 3.93. The van der Waals surface area contributed by atoms with Crippen molar-refractivity contribution in [2.75, 3.05) is 17.3 Å². The molecule has 2 heterocycles. The molecule has 2 aliphatic rings. The summed E-state index contributed by atoms with van der Waals surface area (Å²) in [5, 5.41) is 3.57. The number of fused-ring (bicyclic) bond motifs is 3. The first-order valence-corrected chi connectivity index (χ1v) is 11.1. The summed E-state index contributed by atoms with van der Waals surface area (Å²) in [5.74, 6) is 0.724. The lowest BCUT2D eigenvalue weighted by Crippen LogP contribution is -2.45. The van der Waals surface area contributed by atoms with Crippen molar-refractivity contribution in [2.45, 2.75) is 31.2 Å². The van der Waals surface area contributed by atoms with Gasteiger partial charge in [-0.05, 0) is 41.5 Å². The minimum Gasteiger partial charge on any atom is -0.497 e. The van der Waals surface area contributed by atoms with Crippen LogP contribution in [-0.4, -0.2) is 31.2 Å². The van der Waals surface area contributed by atoms with Crippen LogP contribution < -0.4 is 15.0 Å². The SMILES string of the molecule is C=C=C1Cc2ccccc2N2C(=O)[C@H](OCc3ccccc3)[C@H](Nc3ccc(OC)cc3)[C@H]12. The molecule has 166 valence electrons. The van der Waals surface area contributed by atoms with E-state index in [1.807, 2.05) is 77.7 Å². The van der Waals surface area contributed by atoms with Crippen molar-refractivity contribution in [3.63, 3.8) is 0 Å². The van der Waals surface area contributed by atoms with E-state index in [0.29, 0.717) is 13.0 Å². The molecule has 1 saturated heterocycles. The molecule has 0 saturated carbocycles. The standard InChI is InChI=1S/C28H26N2O3/c1-3-20-17-21-11-7-8-12-24(21)30-26(20)25(29-22-13-15-23(32-2)16-14-22)27(28(30)31)33-18-19-9-5-4-6-10-19/h4-16,25-27,29H,1,17-18H2,2H3/t25-,26+,27-/m1/s1. The van der Waals surface area contributed by atoms with Gasteiger partial charge in [-0.2, -0.15) is 0 Å². The Balaban J connectivity index is 1.52. The van der Waals surface area contributed by atoms with Gasteiger partial charge < -0.3 is 14.8 Å². The summed E-state index contributed by atoms with van der Waals surface area (Å²) < 4.78 is 11.6. The van der Waals surface area contributed by atoms with Crippen LogP contribution in [0.25, 0.3) is 0 Å². The molecule has 5 rings (SSSR count). The molecule has 5 heteroatoms. The normalized spacial score (nSPS) is 21.2. The molecule has 0 bridgehead atoms. The Kier molecular flexibility index (Phi) is 5.74. The van der Waals surface area contributed by atoms with Gasteiger partial charge in [0.05, 0.1) is 25.8 Å². The predicted molar refractivity (Wildman–Crippen MR) is 129 cm³/mol. The molecule has 3 aromatic rings. The Morgan fingerprint density at radius 1 is 1.03 bits per heavy atom. The van der Waals surface area contributed by atoms with Gasteiger partial charge in [0.25, 0.3) is 5.91 Å². The van der Waals surface area contributed by atoms with Crippen LogP contribution in [0.1, 0.15) is 11.1 Å². The molecule has 3 aromatic carbocycles. The third-order valence-electron chi connectivity index (χ3n) is 6.34. The van der Waals surface area contributed by atoms with Gasteiger partial charge in [0.2, 0.25) is 0 Å². The summed E-state index contributed by atoms with van der Waals surface area (Å²) in [6.45, 7) is 4.29.